The van der Waals surface area contributed by atoms with E-state index in [1.165, 1.54) is 0 Å². The standard InChI is InChI=1S/C6H5N3.HO3P/c1-2-4-6-5(3-1)7-9-8-6;1-4(2)3/h1-4H,(H,7,8,9);(H-,1,2,3)/p+1. The maximum atomic E-state index is 8.70. The second kappa shape index (κ2) is 4.61. The molecule has 1 aromatic heterocycles. The number of H-pyrrole nitrogens is 1. The minimum atomic E-state index is -2.87. The number of para-hydroxylation sites is 2. The molecule has 7 heteroatoms. The first kappa shape index (κ1) is 9.73. The fourth-order valence-corrected chi connectivity index (χ4v) is 0.786. The summed E-state index contributed by atoms with van der Waals surface area (Å²) in [4.78, 5) is 14.2. The van der Waals surface area contributed by atoms with Crippen LogP contribution in [0.1, 0.15) is 0 Å². The molecule has 0 radical (unpaired) electrons. The van der Waals surface area contributed by atoms with E-state index < -0.39 is 8.25 Å². The van der Waals surface area contributed by atoms with Crippen LogP contribution < -0.4 is 0 Å². The summed E-state index contributed by atoms with van der Waals surface area (Å²) in [6.07, 6.45) is 0. The number of rotatable bonds is 0. The number of benzene rings is 1. The van der Waals surface area contributed by atoms with Gasteiger partial charge in [-0.2, -0.15) is 15.4 Å². The van der Waals surface area contributed by atoms with E-state index in [0.717, 1.165) is 11.0 Å². The molecule has 3 N–H and O–H groups in total. The van der Waals surface area contributed by atoms with Gasteiger partial charge in [0.05, 0.1) is 0 Å². The van der Waals surface area contributed by atoms with Crippen LogP contribution in [0.15, 0.2) is 24.3 Å². The minimum absolute atomic E-state index is 0.914. The molecule has 68 valence electrons. The molecule has 0 fully saturated rings. The number of hydrogen-bond donors (Lipinski definition) is 3. The number of fused-ring (bicyclic) bond motifs is 1. The molecule has 0 amide bonds. The Balaban J connectivity index is 0.000000184. The Kier molecular flexibility index (Phi) is 3.45. The molecule has 1 aromatic carbocycles. The second-order valence-corrected chi connectivity index (χ2v) is 2.57. The Hall–Kier alpha value is -1.36. The zero-order valence-corrected chi connectivity index (χ0v) is 7.35. The van der Waals surface area contributed by atoms with E-state index in [1.54, 1.807) is 0 Å². The van der Waals surface area contributed by atoms with Gasteiger partial charge < -0.3 is 0 Å². The van der Waals surface area contributed by atoms with Crippen molar-refractivity contribution in [2.45, 2.75) is 0 Å². The van der Waals surface area contributed by atoms with Crippen LogP contribution in [0.3, 0.4) is 0 Å². The van der Waals surface area contributed by atoms with Gasteiger partial charge in [-0.05, 0) is 12.1 Å². The van der Waals surface area contributed by atoms with Crippen molar-refractivity contribution in [1.29, 1.82) is 0 Å². The van der Waals surface area contributed by atoms with Gasteiger partial charge in [-0.3, -0.25) is 0 Å². The number of nitrogens with zero attached hydrogens (tertiary/aromatic N) is 2. The maximum Gasteiger partial charge on any atom is 0.692 e. The third-order valence-electron chi connectivity index (χ3n) is 1.22. The first-order valence-corrected chi connectivity index (χ1v) is 4.47. The number of aromatic amines is 1. The summed E-state index contributed by atoms with van der Waals surface area (Å²) in [5.41, 5.74) is 1.83. The molecule has 1 heterocycles. The van der Waals surface area contributed by atoms with E-state index in [-0.39, 0.29) is 0 Å². The molecule has 0 aliphatic carbocycles. The Morgan fingerprint density at radius 3 is 1.92 bits per heavy atom. The van der Waals surface area contributed by atoms with Gasteiger partial charge in [0.2, 0.25) is 0 Å². The SMILES string of the molecule is O=[P+](O)O.c1ccc2n[nH]nc2c1. The van der Waals surface area contributed by atoms with Crippen LogP contribution in [0.25, 0.3) is 11.0 Å². The van der Waals surface area contributed by atoms with E-state index in [9.17, 15) is 0 Å². The van der Waals surface area contributed by atoms with E-state index in [0.29, 0.717) is 0 Å². The smallest absolute Gasteiger partial charge is 0.197 e. The first-order chi connectivity index (χ1) is 6.20. The Labute approximate surface area is 74.2 Å². The zero-order chi connectivity index (χ0) is 9.68. The lowest BCUT2D eigenvalue weighted by atomic mass is 10.3. The Morgan fingerprint density at radius 2 is 1.54 bits per heavy atom. The van der Waals surface area contributed by atoms with Gasteiger partial charge in [-0.1, -0.05) is 12.1 Å². The van der Waals surface area contributed by atoms with Crippen LogP contribution in [0.4, 0.5) is 0 Å². The fourth-order valence-electron chi connectivity index (χ4n) is 0.786. The van der Waals surface area contributed by atoms with Gasteiger partial charge in [-0.15, -0.1) is 9.79 Å². The van der Waals surface area contributed by atoms with E-state index in [4.69, 9.17) is 14.4 Å². The number of aromatic nitrogens is 3. The highest BCUT2D eigenvalue weighted by Gasteiger charge is 1.93. The van der Waals surface area contributed by atoms with Crippen molar-refractivity contribution in [2.75, 3.05) is 0 Å². The van der Waals surface area contributed by atoms with E-state index >= 15 is 0 Å². The van der Waals surface area contributed by atoms with Crippen LogP contribution in [-0.2, 0) is 4.57 Å². The summed E-state index contributed by atoms with van der Waals surface area (Å²) in [5.74, 6) is 0. The van der Waals surface area contributed by atoms with Crippen molar-refractivity contribution in [1.82, 2.24) is 15.4 Å². The molecule has 0 spiro atoms. The topological polar surface area (TPSA) is 99.1 Å². The van der Waals surface area contributed by atoms with Crippen LogP contribution in [0.5, 0.6) is 0 Å². The molecule has 13 heavy (non-hydrogen) atoms. The van der Waals surface area contributed by atoms with Crippen LogP contribution in [0, 0.1) is 0 Å². The molecule has 0 saturated carbocycles. The summed E-state index contributed by atoms with van der Waals surface area (Å²) in [6.45, 7) is 0. The van der Waals surface area contributed by atoms with Gasteiger partial charge in [0.15, 0.2) is 0 Å². The highest BCUT2D eigenvalue weighted by Crippen LogP contribution is 2.03. The fraction of sp³-hybridized carbons (Fsp3) is 0. The van der Waals surface area contributed by atoms with Crippen molar-refractivity contribution in [3.05, 3.63) is 24.3 Å². The molecule has 2 aromatic rings. The lowest BCUT2D eigenvalue weighted by molar-refractivity contribution is 0.405. The minimum Gasteiger partial charge on any atom is -0.197 e. The van der Waals surface area contributed by atoms with Gasteiger partial charge in [0.1, 0.15) is 11.0 Å². The van der Waals surface area contributed by atoms with Crippen LogP contribution >= 0.6 is 8.25 Å². The van der Waals surface area contributed by atoms with Crippen molar-refractivity contribution in [2.24, 2.45) is 0 Å². The van der Waals surface area contributed by atoms with Gasteiger partial charge >= 0.3 is 8.25 Å². The number of hydrogen-bond acceptors (Lipinski definition) is 3. The molecule has 2 rings (SSSR count). The summed E-state index contributed by atoms with van der Waals surface area (Å²) in [7, 11) is -2.87. The summed E-state index contributed by atoms with van der Waals surface area (Å²) in [6, 6.07) is 7.70. The predicted octanol–water partition coefficient (Wildman–Crippen LogP) is 0.586. The average Bonchev–Trinajstić information content (AvgIpc) is 2.49. The summed E-state index contributed by atoms with van der Waals surface area (Å²) < 4.78 is 8.70. The molecule has 0 aliphatic rings. The number of nitrogens with one attached hydrogen (secondary N) is 1. The van der Waals surface area contributed by atoms with Gasteiger partial charge in [-0.25, -0.2) is 0 Å². The molecule has 0 bridgehead atoms. The molecular weight excluding hydrogens is 193 g/mol. The molecular formula is C6H7N3O3P+. The molecule has 0 atom stereocenters. The van der Waals surface area contributed by atoms with E-state index in [1.807, 2.05) is 24.3 Å². The Morgan fingerprint density at radius 1 is 1.15 bits per heavy atom. The highest BCUT2D eigenvalue weighted by atomic mass is 31.1. The second-order valence-electron chi connectivity index (χ2n) is 2.07. The van der Waals surface area contributed by atoms with Crippen LogP contribution in [0.2, 0.25) is 0 Å². The lowest BCUT2D eigenvalue weighted by Gasteiger charge is -1.78. The van der Waals surface area contributed by atoms with Crippen molar-refractivity contribution >= 4 is 19.3 Å². The quantitative estimate of drug-likeness (QED) is 0.540. The maximum absolute atomic E-state index is 8.70. The zero-order valence-electron chi connectivity index (χ0n) is 6.45. The first-order valence-electron chi connectivity index (χ1n) is 3.30. The van der Waals surface area contributed by atoms with Crippen molar-refractivity contribution < 1.29 is 14.4 Å². The van der Waals surface area contributed by atoms with Gasteiger partial charge in [0.25, 0.3) is 0 Å². The van der Waals surface area contributed by atoms with Crippen LogP contribution in [-0.4, -0.2) is 25.2 Å². The summed E-state index contributed by atoms with van der Waals surface area (Å²) in [5, 5.41) is 10.3. The predicted molar refractivity (Wildman–Crippen MR) is 45.9 cm³/mol. The monoisotopic (exact) mass is 200 g/mol. The van der Waals surface area contributed by atoms with Crippen molar-refractivity contribution in [3.8, 4) is 0 Å². The highest BCUT2D eigenvalue weighted by molar-refractivity contribution is 7.30. The molecule has 6 nitrogen and oxygen atoms in total. The lowest BCUT2D eigenvalue weighted by Crippen LogP contribution is -1.63. The van der Waals surface area contributed by atoms with E-state index in [2.05, 4.69) is 15.4 Å². The molecule has 0 aliphatic heterocycles. The third-order valence-corrected chi connectivity index (χ3v) is 1.22. The Bertz CT molecular complexity index is 368. The third kappa shape index (κ3) is 3.25. The molecule has 0 unspecified atom stereocenters. The largest absolute Gasteiger partial charge is 0.692 e. The van der Waals surface area contributed by atoms with Gasteiger partial charge in [0, 0.05) is 4.57 Å². The summed E-state index contributed by atoms with van der Waals surface area (Å²) >= 11 is 0. The average molecular weight is 200 g/mol. The van der Waals surface area contributed by atoms with Crippen molar-refractivity contribution in [3.63, 3.8) is 0 Å². The molecule has 0 saturated heterocycles. The normalized spacial score (nSPS) is 9.08.